The van der Waals surface area contributed by atoms with E-state index in [-0.39, 0.29) is 17.7 Å². The first-order valence-corrected chi connectivity index (χ1v) is 16.1. The number of rotatable bonds is 9. The Morgan fingerprint density at radius 1 is 0.884 bits per heavy atom. The third kappa shape index (κ3) is 7.57. The summed E-state index contributed by atoms with van der Waals surface area (Å²) in [5.74, 6) is 0.737. The molecule has 5 rings (SSSR count). The molecule has 2 heterocycles. The number of nitrogens with one attached hydrogen (secondary N) is 1. The number of aliphatic carboxylic acids is 1. The predicted molar refractivity (Wildman–Crippen MR) is 174 cm³/mol. The Bertz CT molecular complexity index is 1530. The number of nitrogens with zero attached hydrogens (tertiary/aromatic N) is 2. The van der Waals surface area contributed by atoms with Crippen LogP contribution in [0.15, 0.2) is 73.1 Å². The smallest absolute Gasteiger partial charge is 0.326 e. The van der Waals surface area contributed by atoms with E-state index in [9.17, 15) is 14.7 Å². The number of carbonyl (C=O) groups is 2. The number of carbonyl (C=O) groups excluding carboxylic acids is 1. The maximum atomic E-state index is 12.8. The molecule has 0 saturated heterocycles. The molecule has 1 unspecified atom stereocenters. The van der Waals surface area contributed by atoms with Crippen LogP contribution in [0.1, 0.15) is 91.4 Å². The molecule has 224 valence electrons. The van der Waals surface area contributed by atoms with Crippen LogP contribution in [0, 0.1) is 5.92 Å². The topological polar surface area (TPSA) is 92.2 Å². The van der Waals surface area contributed by atoms with Gasteiger partial charge < -0.3 is 10.4 Å². The van der Waals surface area contributed by atoms with Gasteiger partial charge in [-0.15, -0.1) is 11.3 Å². The van der Waals surface area contributed by atoms with Crippen LogP contribution < -0.4 is 5.32 Å². The van der Waals surface area contributed by atoms with E-state index in [1.807, 2.05) is 42.7 Å². The van der Waals surface area contributed by atoms with Crippen molar-refractivity contribution in [3.8, 4) is 22.5 Å². The van der Waals surface area contributed by atoms with Crippen molar-refractivity contribution < 1.29 is 14.7 Å². The van der Waals surface area contributed by atoms with E-state index < -0.39 is 12.0 Å². The fourth-order valence-electron chi connectivity index (χ4n) is 5.80. The molecule has 4 aromatic rings. The summed E-state index contributed by atoms with van der Waals surface area (Å²) in [5, 5.41) is 12.5. The molecule has 1 aliphatic carbocycles. The molecule has 6 nitrogen and oxygen atoms in total. The molecule has 1 atom stereocenters. The lowest BCUT2D eigenvalue weighted by Crippen LogP contribution is -2.42. The molecular formula is C36H41N3O3S. The minimum Gasteiger partial charge on any atom is -0.480 e. The van der Waals surface area contributed by atoms with Gasteiger partial charge in [0.2, 0.25) is 0 Å². The van der Waals surface area contributed by atoms with Gasteiger partial charge in [-0.25, -0.2) is 14.8 Å². The van der Waals surface area contributed by atoms with E-state index in [2.05, 4.69) is 67.2 Å². The summed E-state index contributed by atoms with van der Waals surface area (Å²) in [5.41, 5.74) is 5.09. The molecule has 0 aliphatic heterocycles. The molecule has 1 aliphatic rings. The average molecular weight is 596 g/mol. The monoisotopic (exact) mass is 595 g/mol. The Labute approximate surface area is 258 Å². The number of benzene rings is 2. The lowest BCUT2D eigenvalue weighted by atomic mass is 9.78. The first kappa shape index (κ1) is 30.6. The summed E-state index contributed by atoms with van der Waals surface area (Å²) in [6.07, 6.45) is 10.4. The van der Waals surface area contributed by atoms with Gasteiger partial charge in [0.05, 0.1) is 4.88 Å². The van der Waals surface area contributed by atoms with E-state index >= 15 is 0 Å². The minimum atomic E-state index is -1.07. The summed E-state index contributed by atoms with van der Waals surface area (Å²) in [6.45, 7) is 8.55. The number of hydrogen-bond donors (Lipinski definition) is 2. The number of carboxylic acids is 1. The molecular weight excluding hydrogens is 554 g/mol. The van der Waals surface area contributed by atoms with Gasteiger partial charge in [-0.2, -0.15) is 0 Å². The molecule has 0 radical (unpaired) electrons. The second-order valence-corrected chi connectivity index (χ2v) is 13.8. The summed E-state index contributed by atoms with van der Waals surface area (Å²) < 4.78 is 0. The van der Waals surface area contributed by atoms with E-state index in [0.29, 0.717) is 16.6 Å². The molecule has 2 N–H and O–H groups in total. The average Bonchev–Trinajstić information content (AvgIpc) is 3.53. The van der Waals surface area contributed by atoms with Crippen molar-refractivity contribution in [3.05, 3.63) is 93.9 Å². The summed E-state index contributed by atoms with van der Waals surface area (Å²) in [7, 11) is 0. The second kappa shape index (κ2) is 13.2. The Kier molecular flexibility index (Phi) is 9.40. The third-order valence-corrected chi connectivity index (χ3v) is 10.1. The van der Waals surface area contributed by atoms with Crippen molar-refractivity contribution in [2.75, 3.05) is 0 Å². The van der Waals surface area contributed by atoms with Gasteiger partial charge in [0, 0.05) is 34.8 Å². The van der Waals surface area contributed by atoms with Crippen molar-refractivity contribution in [3.63, 3.8) is 0 Å². The lowest BCUT2D eigenvalue weighted by molar-refractivity contribution is -0.139. The van der Waals surface area contributed by atoms with Crippen molar-refractivity contribution in [1.29, 1.82) is 0 Å². The molecule has 43 heavy (non-hydrogen) atoms. The van der Waals surface area contributed by atoms with Gasteiger partial charge in [-0.05, 0) is 71.8 Å². The first-order valence-electron chi connectivity index (χ1n) is 15.3. The number of aromatic nitrogens is 2. The molecule has 2 aromatic carbocycles. The lowest BCUT2D eigenvalue weighted by Gasteiger charge is -2.28. The molecule has 0 bridgehead atoms. The normalized spacial score (nSPS) is 17.8. The fraction of sp³-hybridized carbons (Fsp3) is 0.389. The van der Waals surface area contributed by atoms with Gasteiger partial charge >= 0.3 is 5.97 Å². The van der Waals surface area contributed by atoms with E-state index in [1.54, 1.807) is 6.07 Å². The number of amides is 1. The standard InChI is InChI=1S/C36H41N3O3S/c1-5-23-6-10-25(11-7-23)26-14-16-27(17-15-26)29-21-37-33(38-22-29)28-12-8-24(9-13-28)20-30(35(41)42)39-34(40)31-18-19-32(43-31)36(2,3)4/h8-9,12-19,21-23,25,30H,5-7,10-11,20H2,1-4H3,(H,39,40)(H,41,42). The highest BCUT2D eigenvalue weighted by Crippen LogP contribution is 2.37. The number of hydrogen-bond acceptors (Lipinski definition) is 5. The van der Waals surface area contributed by atoms with Gasteiger partial charge in [-0.1, -0.05) is 82.6 Å². The van der Waals surface area contributed by atoms with E-state index in [1.165, 1.54) is 49.0 Å². The van der Waals surface area contributed by atoms with Crippen molar-refractivity contribution in [1.82, 2.24) is 15.3 Å². The van der Waals surface area contributed by atoms with E-state index in [0.717, 1.165) is 33.0 Å². The van der Waals surface area contributed by atoms with Crippen LogP contribution in [0.3, 0.4) is 0 Å². The molecule has 1 saturated carbocycles. The zero-order valence-electron chi connectivity index (χ0n) is 25.5. The molecule has 2 aromatic heterocycles. The van der Waals surface area contributed by atoms with Crippen molar-refractivity contribution in [2.24, 2.45) is 5.92 Å². The van der Waals surface area contributed by atoms with Gasteiger partial charge in [0.15, 0.2) is 5.82 Å². The van der Waals surface area contributed by atoms with Crippen LogP contribution in [0.4, 0.5) is 0 Å². The van der Waals surface area contributed by atoms with Crippen LogP contribution >= 0.6 is 11.3 Å². The first-order chi connectivity index (χ1) is 20.6. The largest absolute Gasteiger partial charge is 0.480 e. The second-order valence-electron chi connectivity index (χ2n) is 12.7. The Morgan fingerprint density at radius 3 is 2.07 bits per heavy atom. The Hall–Kier alpha value is -3.84. The molecule has 7 heteroatoms. The highest BCUT2D eigenvalue weighted by Gasteiger charge is 2.24. The Morgan fingerprint density at radius 2 is 1.51 bits per heavy atom. The van der Waals surface area contributed by atoms with Gasteiger partial charge in [0.25, 0.3) is 5.91 Å². The molecule has 1 fully saturated rings. The molecule has 0 spiro atoms. The van der Waals surface area contributed by atoms with E-state index in [4.69, 9.17) is 0 Å². The predicted octanol–water partition coefficient (Wildman–Crippen LogP) is 8.28. The van der Waals surface area contributed by atoms with Gasteiger partial charge in [-0.3, -0.25) is 4.79 Å². The van der Waals surface area contributed by atoms with Crippen molar-refractivity contribution >= 4 is 23.2 Å². The van der Waals surface area contributed by atoms with Crippen LogP contribution in [-0.4, -0.2) is 33.0 Å². The SMILES string of the molecule is CCC1CCC(c2ccc(-c3cnc(-c4ccc(CC(NC(=O)c5ccc(C(C)(C)C)s5)C(=O)O)cc4)nc3)cc2)CC1. The summed E-state index contributed by atoms with van der Waals surface area (Å²) in [4.78, 5) is 35.6. The highest BCUT2D eigenvalue weighted by atomic mass is 32.1. The number of carboxylic acid groups (broad SMARTS) is 1. The number of thiophene rings is 1. The minimum absolute atomic E-state index is 0.0697. The summed E-state index contributed by atoms with van der Waals surface area (Å²) >= 11 is 1.40. The maximum absolute atomic E-state index is 12.8. The van der Waals surface area contributed by atoms with Crippen LogP contribution in [0.25, 0.3) is 22.5 Å². The fourth-order valence-corrected chi connectivity index (χ4v) is 6.76. The van der Waals surface area contributed by atoms with Gasteiger partial charge in [0.1, 0.15) is 6.04 Å². The Balaban J connectivity index is 1.19. The van der Waals surface area contributed by atoms with Crippen LogP contribution in [-0.2, 0) is 16.6 Å². The summed E-state index contributed by atoms with van der Waals surface area (Å²) in [6, 6.07) is 19.0. The quantitative estimate of drug-likeness (QED) is 0.203. The third-order valence-electron chi connectivity index (χ3n) is 8.62. The van der Waals surface area contributed by atoms with Crippen molar-refractivity contribution in [2.45, 2.75) is 83.6 Å². The zero-order valence-corrected chi connectivity index (χ0v) is 26.3. The maximum Gasteiger partial charge on any atom is 0.326 e. The highest BCUT2D eigenvalue weighted by molar-refractivity contribution is 7.14. The van der Waals surface area contributed by atoms with Crippen LogP contribution in [0.2, 0.25) is 0 Å². The zero-order chi connectivity index (χ0) is 30.6. The molecule has 1 amide bonds. The van der Waals surface area contributed by atoms with Crippen LogP contribution in [0.5, 0.6) is 0 Å².